The summed E-state index contributed by atoms with van der Waals surface area (Å²) < 4.78 is 0. The Balaban J connectivity index is 1.55. The van der Waals surface area contributed by atoms with Gasteiger partial charge in [-0.25, -0.2) is 4.98 Å². The molecule has 22 heavy (non-hydrogen) atoms. The molecule has 1 aliphatic heterocycles. The molecule has 1 aromatic carbocycles. The van der Waals surface area contributed by atoms with Crippen molar-refractivity contribution in [3.63, 3.8) is 0 Å². The van der Waals surface area contributed by atoms with E-state index in [-0.39, 0.29) is 5.91 Å². The number of rotatable bonds is 3. The number of carbonyl (C=O) groups excluding carboxylic acids is 1. The molecule has 0 saturated carbocycles. The van der Waals surface area contributed by atoms with Crippen molar-refractivity contribution in [1.29, 1.82) is 0 Å². The molecular formula is C18H21N3O. The maximum Gasteiger partial charge on any atom is 0.227 e. The van der Waals surface area contributed by atoms with E-state index in [2.05, 4.69) is 22.0 Å². The van der Waals surface area contributed by atoms with Crippen LogP contribution in [-0.4, -0.2) is 42.0 Å². The van der Waals surface area contributed by atoms with Crippen LogP contribution in [0, 0.1) is 6.92 Å². The highest BCUT2D eigenvalue weighted by molar-refractivity contribution is 5.79. The average molecular weight is 295 g/mol. The Bertz CT molecular complexity index is 617. The fourth-order valence-corrected chi connectivity index (χ4v) is 2.71. The molecule has 1 saturated heterocycles. The predicted octanol–water partition coefficient (Wildman–Crippen LogP) is 2.28. The summed E-state index contributed by atoms with van der Waals surface area (Å²) in [6.07, 6.45) is 2.38. The average Bonchev–Trinajstić information content (AvgIpc) is 2.57. The van der Waals surface area contributed by atoms with Crippen molar-refractivity contribution in [2.24, 2.45) is 0 Å². The molecule has 2 aromatic rings. The van der Waals surface area contributed by atoms with Gasteiger partial charge in [-0.2, -0.15) is 0 Å². The molecule has 4 nitrogen and oxygen atoms in total. The van der Waals surface area contributed by atoms with Crippen LogP contribution in [0.25, 0.3) is 0 Å². The quantitative estimate of drug-likeness (QED) is 0.871. The molecule has 0 spiro atoms. The first-order chi connectivity index (χ1) is 10.7. The van der Waals surface area contributed by atoms with Gasteiger partial charge in [0.05, 0.1) is 6.42 Å². The summed E-state index contributed by atoms with van der Waals surface area (Å²) in [4.78, 5) is 21.0. The third-order valence-electron chi connectivity index (χ3n) is 4.05. The van der Waals surface area contributed by atoms with E-state index in [1.54, 1.807) is 0 Å². The molecule has 0 N–H and O–H groups in total. The Hall–Kier alpha value is -2.36. The van der Waals surface area contributed by atoms with Crippen LogP contribution in [-0.2, 0) is 11.2 Å². The van der Waals surface area contributed by atoms with Crippen molar-refractivity contribution in [3.05, 3.63) is 59.8 Å². The molecule has 0 bridgehead atoms. The second kappa shape index (κ2) is 6.60. The van der Waals surface area contributed by atoms with Gasteiger partial charge in [-0.15, -0.1) is 0 Å². The molecule has 0 unspecified atom stereocenters. The molecule has 3 rings (SSSR count). The first-order valence-electron chi connectivity index (χ1n) is 7.72. The van der Waals surface area contributed by atoms with Crippen LogP contribution >= 0.6 is 0 Å². The van der Waals surface area contributed by atoms with E-state index in [1.165, 1.54) is 5.56 Å². The standard InChI is InChI=1S/C18H21N3O/c1-15-7-8-17(19-14-15)20-9-11-21(12-10-20)18(22)13-16-5-3-2-4-6-16/h2-8,14H,9-13H2,1H3. The van der Waals surface area contributed by atoms with Crippen LogP contribution in [0.15, 0.2) is 48.7 Å². The van der Waals surface area contributed by atoms with E-state index in [0.29, 0.717) is 6.42 Å². The van der Waals surface area contributed by atoms with Gasteiger partial charge in [0.15, 0.2) is 0 Å². The molecule has 0 aliphatic carbocycles. The van der Waals surface area contributed by atoms with Gasteiger partial charge in [-0.05, 0) is 24.1 Å². The van der Waals surface area contributed by atoms with E-state index in [9.17, 15) is 4.79 Å². The van der Waals surface area contributed by atoms with E-state index < -0.39 is 0 Å². The third-order valence-corrected chi connectivity index (χ3v) is 4.05. The highest BCUT2D eigenvalue weighted by Crippen LogP contribution is 2.14. The predicted molar refractivity (Wildman–Crippen MR) is 87.9 cm³/mol. The molecule has 1 aliphatic rings. The Morgan fingerprint density at radius 2 is 1.77 bits per heavy atom. The summed E-state index contributed by atoms with van der Waals surface area (Å²) >= 11 is 0. The van der Waals surface area contributed by atoms with Crippen LogP contribution in [0.5, 0.6) is 0 Å². The normalized spacial score (nSPS) is 15.0. The number of anilines is 1. The molecular weight excluding hydrogens is 274 g/mol. The molecule has 1 aromatic heterocycles. The lowest BCUT2D eigenvalue weighted by Crippen LogP contribution is -2.49. The summed E-state index contributed by atoms with van der Waals surface area (Å²) in [5.41, 5.74) is 2.25. The number of aryl methyl sites for hydroxylation is 1. The molecule has 0 radical (unpaired) electrons. The Labute approximate surface area is 131 Å². The van der Waals surface area contributed by atoms with Gasteiger partial charge in [0, 0.05) is 32.4 Å². The van der Waals surface area contributed by atoms with Crippen molar-refractivity contribution in [2.45, 2.75) is 13.3 Å². The van der Waals surface area contributed by atoms with Crippen molar-refractivity contribution >= 4 is 11.7 Å². The number of piperazine rings is 1. The number of hydrogen-bond acceptors (Lipinski definition) is 3. The SMILES string of the molecule is Cc1ccc(N2CCN(C(=O)Cc3ccccc3)CC2)nc1. The molecule has 0 atom stereocenters. The van der Waals surface area contributed by atoms with Crippen molar-refractivity contribution in [3.8, 4) is 0 Å². The molecule has 4 heteroatoms. The topological polar surface area (TPSA) is 36.4 Å². The van der Waals surface area contributed by atoms with E-state index in [0.717, 1.165) is 37.6 Å². The highest BCUT2D eigenvalue weighted by atomic mass is 16.2. The summed E-state index contributed by atoms with van der Waals surface area (Å²) in [5, 5.41) is 0. The smallest absolute Gasteiger partial charge is 0.227 e. The maximum atomic E-state index is 12.3. The minimum atomic E-state index is 0.211. The minimum absolute atomic E-state index is 0.211. The highest BCUT2D eigenvalue weighted by Gasteiger charge is 2.21. The fraction of sp³-hybridized carbons (Fsp3) is 0.333. The molecule has 2 heterocycles. The van der Waals surface area contributed by atoms with E-state index >= 15 is 0 Å². The van der Waals surface area contributed by atoms with E-state index in [1.807, 2.05) is 48.4 Å². The van der Waals surface area contributed by atoms with Crippen molar-refractivity contribution in [2.75, 3.05) is 31.1 Å². The monoisotopic (exact) mass is 295 g/mol. The second-order valence-corrected chi connectivity index (χ2v) is 5.72. The third kappa shape index (κ3) is 3.45. The second-order valence-electron chi connectivity index (χ2n) is 5.72. The lowest BCUT2D eigenvalue weighted by Gasteiger charge is -2.35. The van der Waals surface area contributed by atoms with Crippen molar-refractivity contribution in [1.82, 2.24) is 9.88 Å². The zero-order valence-corrected chi connectivity index (χ0v) is 12.9. The lowest BCUT2D eigenvalue weighted by molar-refractivity contribution is -0.130. The molecule has 114 valence electrons. The van der Waals surface area contributed by atoms with Gasteiger partial charge >= 0.3 is 0 Å². The summed E-state index contributed by atoms with van der Waals surface area (Å²) in [7, 11) is 0. The van der Waals surface area contributed by atoms with Crippen LogP contribution < -0.4 is 4.90 Å². The number of amides is 1. The summed E-state index contributed by atoms with van der Waals surface area (Å²) in [6, 6.07) is 14.1. The first kappa shape index (κ1) is 14.6. The molecule has 1 amide bonds. The van der Waals surface area contributed by atoms with Gasteiger partial charge < -0.3 is 9.80 Å². The largest absolute Gasteiger partial charge is 0.353 e. The minimum Gasteiger partial charge on any atom is -0.353 e. The molecule has 1 fully saturated rings. The van der Waals surface area contributed by atoms with Gasteiger partial charge in [0.25, 0.3) is 0 Å². The summed E-state index contributed by atoms with van der Waals surface area (Å²) in [6.45, 7) is 5.26. The number of benzene rings is 1. The Morgan fingerprint density at radius 3 is 2.41 bits per heavy atom. The fourth-order valence-electron chi connectivity index (χ4n) is 2.71. The van der Waals surface area contributed by atoms with Gasteiger partial charge in [0.2, 0.25) is 5.91 Å². The number of hydrogen-bond donors (Lipinski definition) is 0. The number of pyridine rings is 1. The maximum absolute atomic E-state index is 12.3. The number of nitrogens with zero attached hydrogens (tertiary/aromatic N) is 3. The van der Waals surface area contributed by atoms with Gasteiger partial charge in [0.1, 0.15) is 5.82 Å². The zero-order valence-electron chi connectivity index (χ0n) is 12.9. The van der Waals surface area contributed by atoms with E-state index in [4.69, 9.17) is 0 Å². The van der Waals surface area contributed by atoms with Crippen molar-refractivity contribution < 1.29 is 4.79 Å². The van der Waals surface area contributed by atoms with Gasteiger partial charge in [-0.1, -0.05) is 36.4 Å². The number of aromatic nitrogens is 1. The van der Waals surface area contributed by atoms with Crippen LogP contribution in [0.4, 0.5) is 5.82 Å². The zero-order chi connectivity index (χ0) is 15.4. The Morgan fingerprint density at radius 1 is 1.05 bits per heavy atom. The first-order valence-corrected chi connectivity index (χ1v) is 7.72. The summed E-state index contributed by atoms with van der Waals surface area (Å²) in [5.74, 6) is 1.21. The van der Waals surface area contributed by atoms with Crippen LogP contribution in [0.2, 0.25) is 0 Å². The van der Waals surface area contributed by atoms with Crippen LogP contribution in [0.3, 0.4) is 0 Å². The van der Waals surface area contributed by atoms with Crippen LogP contribution in [0.1, 0.15) is 11.1 Å². The van der Waals surface area contributed by atoms with Gasteiger partial charge in [-0.3, -0.25) is 4.79 Å². The Kier molecular flexibility index (Phi) is 4.37. The lowest BCUT2D eigenvalue weighted by atomic mass is 10.1. The number of carbonyl (C=O) groups is 1.